The van der Waals surface area contributed by atoms with Crippen molar-refractivity contribution in [2.24, 2.45) is 4.99 Å². The Morgan fingerprint density at radius 2 is 2.18 bits per heavy atom. The Morgan fingerprint density at radius 3 is 2.71 bits per heavy atom. The predicted molar refractivity (Wildman–Crippen MR) is 67.9 cm³/mol. The quantitative estimate of drug-likeness (QED) is 0.697. The van der Waals surface area contributed by atoms with Gasteiger partial charge < -0.3 is 5.32 Å². The lowest BCUT2D eigenvalue weighted by molar-refractivity contribution is -0.136. The summed E-state index contributed by atoms with van der Waals surface area (Å²) in [6.07, 6.45) is 1.26. The van der Waals surface area contributed by atoms with Crippen molar-refractivity contribution >= 4 is 28.7 Å². The largest absolute Gasteiger partial charge is 0.360 e. The molecule has 2 heterocycles. The molecule has 0 radical (unpaired) electrons. The number of imide groups is 1. The van der Waals surface area contributed by atoms with Crippen LogP contribution in [-0.2, 0) is 9.59 Å². The number of hydrogen-bond donors (Lipinski definition) is 1. The van der Waals surface area contributed by atoms with E-state index in [1.807, 2.05) is 0 Å². The molecule has 1 unspecified atom stereocenters. The zero-order valence-corrected chi connectivity index (χ0v) is 11.1. The van der Waals surface area contributed by atoms with E-state index in [9.17, 15) is 9.59 Å². The Hall–Kier alpha value is -1.04. The molecule has 0 aliphatic carbocycles. The van der Waals surface area contributed by atoms with Crippen molar-refractivity contribution in [2.45, 2.75) is 38.3 Å². The highest BCUT2D eigenvalue weighted by Crippen LogP contribution is 2.23. The van der Waals surface area contributed by atoms with Crippen LogP contribution in [0.5, 0.6) is 0 Å². The van der Waals surface area contributed by atoms with Gasteiger partial charge in [-0.3, -0.25) is 14.5 Å². The summed E-state index contributed by atoms with van der Waals surface area (Å²) in [7, 11) is 1.51. The lowest BCUT2D eigenvalue weighted by Gasteiger charge is -2.32. The number of hydrogen-bond acceptors (Lipinski definition) is 4. The molecular weight excluding hydrogens is 238 g/mol. The van der Waals surface area contributed by atoms with Gasteiger partial charge in [-0.1, -0.05) is 11.8 Å². The Kier molecular flexibility index (Phi) is 3.16. The molecule has 2 amide bonds. The fourth-order valence-electron chi connectivity index (χ4n) is 1.84. The number of nitrogens with one attached hydrogen (secondary N) is 1. The molecule has 2 aliphatic rings. The number of amides is 2. The van der Waals surface area contributed by atoms with Crippen LogP contribution in [0.4, 0.5) is 0 Å². The first-order valence-corrected chi connectivity index (χ1v) is 6.67. The molecule has 0 aromatic rings. The topological polar surface area (TPSA) is 61.8 Å². The Bertz CT molecular complexity index is 392. The first-order valence-electron chi connectivity index (χ1n) is 5.68. The van der Waals surface area contributed by atoms with Crippen LogP contribution in [-0.4, -0.2) is 46.3 Å². The van der Waals surface area contributed by atoms with Crippen LogP contribution >= 0.6 is 11.8 Å². The molecule has 0 spiro atoms. The van der Waals surface area contributed by atoms with E-state index in [-0.39, 0.29) is 23.8 Å². The number of rotatable bonds is 1. The van der Waals surface area contributed by atoms with E-state index >= 15 is 0 Å². The molecule has 5 nitrogen and oxygen atoms in total. The van der Waals surface area contributed by atoms with Gasteiger partial charge in [-0.25, -0.2) is 4.99 Å². The maximum absolute atomic E-state index is 11.7. The summed E-state index contributed by atoms with van der Waals surface area (Å²) in [5, 5.41) is 4.08. The zero-order valence-electron chi connectivity index (χ0n) is 10.3. The fourth-order valence-corrected chi connectivity index (χ4v) is 3.19. The van der Waals surface area contributed by atoms with Crippen molar-refractivity contribution in [3.05, 3.63) is 0 Å². The molecule has 0 saturated carbocycles. The molecule has 17 heavy (non-hydrogen) atoms. The number of nitrogens with zero attached hydrogens (tertiary/aromatic N) is 2. The van der Waals surface area contributed by atoms with Gasteiger partial charge in [0.1, 0.15) is 6.04 Å². The van der Waals surface area contributed by atoms with Crippen molar-refractivity contribution < 1.29 is 9.59 Å². The van der Waals surface area contributed by atoms with Crippen LogP contribution in [0, 0.1) is 0 Å². The highest BCUT2D eigenvalue weighted by atomic mass is 32.2. The third-order valence-corrected chi connectivity index (χ3v) is 3.93. The third kappa shape index (κ3) is 2.62. The molecule has 1 atom stereocenters. The molecule has 0 bridgehead atoms. The van der Waals surface area contributed by atoms with E-state index in [0.29, 0.717) is 0 Å². The van der Waals surface area contributed by atoms with Gasteiger partial charge in [0.15, 0.2) is 5.17 Å². The summed E-state index contributed by atoms with van der Waals surface area (Å²) in [6.45, 7) is 4.21. The van der Waals surface area contributed by atoms with Gasteiger partial charge in [0, 0.05) is 18.3 Å². The number of carbonyl (C=O) groups excluding carboxylic acids is 2. The van der Waals surface area contributed by atoms with Gasteiger partial charge in [-0.2, -0.15) is 0 Å². The lowest BCUT2D eigenvalue weighted by atomic mass is 10.0. The van der Waals surface area contributed by atoms with Gasteiger partial charge in [0.25, 0.3) is 5.91 Å². The minimum Gasteiger partial charge on any atom is -0.360 e. The van der Waals surface area contributed by atoms with Crippen molar-refractivity contribution in [3.8, 4) is 0 Å². The second kappa shape index (κ2) is 4.33. The van der Waals surface area contributed by atoms with Crippen molar-refractivity contribution in [2.75, 3.05) is 12.8 Å². The monoisotopic (exact) mass is 255 g/mol. The van der Waals surface area contributed by atoms with Gasteiger partial charge in [-0.05, 0) is 20.3 Å². The van der Waals surface area contributed by atoms with Gasteiger partial charge >= 0.3 is 0 Å². The predicted octanol–water partition coefficient (Wildman–Crippen LogP) is 0.605. The van der Waals surface area contributed by atoms with E-state index in [0.717, 1.165) is 22.2 Å². The van der Waals surface area contributed by atoms with Crippen LogP contribution in [0.3, 0.4) is 0 Å². The summed E-state index contributed by atoms with van der Waals surface area (Å²) in [4.78, 5) is 28.6. The van der Waals surface area contributed by atoms with Crippen molar-refractivity contribution in [3.63, 3.8) is 0 Å². The second-order valence-corrected chi connectivity index (χ2v) is 6.14. The standard InChI is InChI=1S/C11H17N3O2S/c1-11(2)4-5-17-10(13-11)12-7-6-8(15)14(3)9(7)16/h7H,4-6H2,1-3H3,(H,12,13). The normalized spacial score (nSPS) is 30.9. The summed E-state index contributed by atoms with van der Waals surface area (Å²) in [6, 6.07) is -0.531. The van der Waals surface area contributed by atoms with Crippen LogP contribution in [0.1, 0.15) is 26.7 Å². The number of likely N-dealkylation sites (N-methyl/N-ethyl adjacent to an activating group) is 1. The van der Waals surface area contributed by atoms with E-state index in [1.165, 1.54) is 7.05 Å². The van der Waals surface area contributed by atoms with Gasteiger partial charge in [-0.15, -0.1) is 0 Å². The fraction of sp³-hybridized carbons (Fsp3) is 0.727. The average molecular weight is 255 g/mol. The molecule has 94 valence electrons. The number of amidine groups is 1. The van der Waals surface area contributed by atoms with Crippen molar-refractivity contribution in [1.82, 2.24) is 10.2 Å². The molecule has 1 N–H and O–H groups in total. The molecule has 2 rings (SSSR count). The Morgan fingerprint density at radius 1 is 1.47 bits per heavy atom. The molecule has 0 aromatic heterocycles. The van der Waals surface area contributed by atoms with Gasteiger partial charge in [0.05, 0.1) is 6.42 Å². The second-order valence-electron chi connectivity index (χ2n) is 5.05. The molecule has 2 aliphatic heterocycles. The molecule has 0 aromatic carbocycles. The first-order chi connectivity index (χ1) is 7.89. The van der Waals surface area contributed by atoms with Crippen LogP contribution < -0.4 is 5.32 Å². The lowest BCUT2D eigenvalue weighted by Crippen LogP contribution is -2.46. The smallest absolute Gasteiger partial charge is 0.254 e. The molecule has 6 heteroatoms. The number of carbonyl (C=O) groups is 2. The summed E-state index contributed by atoms with van der Waals surface area (Å²) in [5.74, 6) is 0.640. The Labute approximate surface area is 105 Å². The third-order valence-electron chi connectivity index (χ3n) is 3.04. The van der Waals surface area contributed by atoms with E-state index in [2.05, 4.69) is 24.2 Å². The number of aliphatic imine (C=N–C) groups is 1. The molecule has 2 fully saturated rings. The maximum Gasteiger partial charge on any atom is 0.254 e. The van der Waals surface area contributed by atoms with Crippen LogP contribution in [0.2, 0.25) is 0 Å². The summed E-state index contributed by atoms with van der Waals surface area (Å²) >= 11 is 1.61. The maximum atomic E-state index is 11.7. The van der Waals surface area contributed by atoms with Crippen LogP contribution in [0.25, 0.3) is 0 Å². The zero-order chi connectivity index (χ0) is 12.6. The summed E-state index contributed by atoms with van der Waals surface area (Å²) in [5.41, 5.74) is 0.0155. The van der Waals surface area contributed by atoms with E-state index < -0.39 is 6.04 Å². The van der Waals surface area contributed by atoms with E-state index in [1.54, 1.807) is 11.8 Å². The van der Waals surface area contributed by atoms with Gasteiger partial charge in [0.2, 0.25) is 5.91 Å². The minimum atomic E-state index is -0.531. The summed E-state index contributed by atoms with van der Waals surface area (Å²) < 4.78 is 0. The van der Waals surface area contributed by atoms with Crippen LogP contribution in [0.15, 0.2) is 4.99 Å². The van der Waals surface area contributed by atoms with Crippen molar-refractivity contribution in [1.29, 1.82) is 0 Å². The number of likely N-dealkylation sites (tertiary alicyclic amines) is 1. The average Bonchev–Trinajstić information content (AvgIpc) is 2.45. The highest BCUT2D eigenvalue weighted by Gasteiger charge is 2.37. The molecule has 2 saturated heterocycles. The first kappa shape index (κ1) is 12.4. The Balaban J connectivity index is 2.10. The van der Waals surface area contributed by atoms with E-state index in [4.69, 9.17) is 0 Å². The minimum absolute atomic E-state index is 0.0155. The SMILES string of the molecule is CN1C(=O)CC(N=C2NC(C)(C)CCS2)C1=O. The molecular formula is C11H17N3O2S. The highest BCUT2D eigenvalue weighted by molar-refractivity contribution is 8.13. The number of thioether (sulfide) groups is 1.